The van der Waals surface area contributed by atoms with E-state index in [-0.39, 0.29) is 47.2 Å². The Bertz CT molecular complexity index is 1450. The number of nitrogens with zero attached hydrogens (tertiary/aromatic N) is 2. The first kappa shape index (κ1) is 43.0. The molecule has 0 aliphatic carbocycles. The number of carbonyl (C=O) groups is 7. The van der Waals surface area contributed by atoms with E-state index in [1.807, 2.05) is 22.6 Å². The van der Waals surface area contributed by atoms with Gasteiger partial charge in [-0.3, -0.25) is 33.8 Å². The SMILES string of the molecule is [2H]C(=O)[C@@H](NC(=O)[C@H](C(C)C)N(C)C(=O)[C@@H](C)NC(=O)[C@H](CCCN=C(N)N)CC(=O)[C@@H](NC(=O)c1ccc(NC(=O)CI)cc1)[C@@H](C)O)C(C)C. The highest BCUT2D eigenvalue weighted by Crippen LogP contribution is 2.18. The van der Waals surface area contributed by atoms with Crippen molar-refractivity contribution in [3.05, 3.63) is 29.8 Å². The van der Waals surface area contributed by atoms with Crippen LogP contribution in [0.1, 0.15) is 72.5 Å². The Morgan fingerprint density at radius 1 is 0.961 bits per heavy atom. The molecule has 0 bridgehead atoms. The highest BCUT2D eigenvalue weighted by Gasteiger charge is 2.35. The number of aliphatic hydroxyl groups is 1. The number of likely N-dealkylation sites (N-methyl/N-ethyl adjacent to an activating group) is 1. The number of aldehydes is 1. The van der Waals surface area contributed by atoms with Gasteiger partial charge in [0, 0.05) is 37.2 Å². The first-order valence-electron chi connectivity index (χ1n) is 17.1. The van der Waals surface area contributed by atoms with E-state index in [9.17, 15) is 38.7 Å². The van der Waals surface area contributed by atoms with E-state index in [1.54, 1.807) is 27.7 Å². The van der Waals surface area contributed by atoms with Crippen LogP contribution in [0.4, 0.5) is 5.69 Å². The number of guanidine groups is 1. The molecular weight excluding hydrogens is 775 g/mol. The first-order chi connectivity index (χ1) is 24.2. The minimum absolute atomic E-state index is 0.102. The highest BCUT2D eigenvalue weighted by molar-refractivity contribution is 14.1. The molecule has 0 saturated carbocycles. The average molecular weight is 830 g/mol. The molecule has 6 atom stereocenters. The Morgan fingerprint density at radius 2 is 1.57 bits per heavy atom. The van der Waals surface area contributed by atoms with Crippen molar-refractivity contribution in [1.82, 2.24) is 20.9 Å². The van der Waals surface area contributed by atoms with Gasteiger partial charge >= 0.3 is 0 Å². The summed E-state index contributed by atoms with van der Waals surface area (Å²) in [6, 6.07) is 1.28. The number of benzene rings is 1. The van der Waals surface area contributed by atoms with E-state index in [0.29, 0.717) is 5.69 Å². The summed E-state index contributed by atoms with van der Waals surface area (Å²) in [5, 5.41) is 20.8. The molecule has 0 fully saturated rings. The summed E-state index contributed by atoms with van der Waals surface area (Å²) in [7, 11) is 1.39. The normalized spacial score (nSPS) is 14.8. The maximum Gasteiger partial charge on any atom is 0.251 e. The molecule has 9 N–H and O–H groups in total. The standard InChI is InChI=1S/C34H53IN8O8/c1-18(2)25(17-44)41-32(50)29(19(3)4)43(7)33(51)20(5)39-31(49)23(9-8-14-38-34(36)37)15-26(46)28(21(6)45)42-30(48)22-10-12-24(13-11-22)40-27(47)16-35/h10-13,17-21,23,25,28-29,45H,8-9,14-16H2,1-7H3,(H,39,49)(H,40,47)(H,41,50)(H,42,48)(H4,36,37,38)/t20-,21-,23-,25-,28+,29+/m1/s1/i17D. The van der Waals surface area contributed by atoms with E-state index < -0.39 is 84.2 Å². The monoisotopic (exact) mass is 829 g/mol. The summed E-state index contributed by atoms with van der Waals surface area (Å²) in [5.74, 6) is -5.41. The third-order valence-corrected chi connectivity index (χ3v) is 8.67. The lowest BCUT2D eigenvalue weighted by molar-refractivity contribution is -0.144. The fourth-order valence-electron chi connectivity index (χ4n) is 5.17. The van der Waals surface area contributed by atoms with Crippen molar-refractivity contribution in [3.63, 3.8) is 0 Å². The van der Waals surface area contributed by atoms with E-state index >= 15 is 0 Å². The zero-order valence-electron chi connectivity index (χ0n) is 31.2. The summed E-state index contributed by atoms with van der Waals surface area (Å²) in [6.45, 7) is 9.67. The molecule has 0 aliphatic rings. The number of anilines is 1. The van der Waals surface area contributed by atoms with Crippen molar-refractivity contribution in [1.29, 1.82) is 0 Å². The number of hydrogen-bond acceptors (Lipinski definition) is 9. The third-order valence-electron chi connectivity index (χ3n) is 7.98. The average Bonchev–Trinajstić information content (AvgIpc) is 3.06. The number of Topliss-reactive ketones (excluding diaryl/α,β-unsaturated/α-hetero) is 1. The van der Waals surface area contributed by atoms with E-state index in [4.69, 9.17) is 12.8 Å². The Morgan fingerprint density at radius 3 is 2.06 bits per heavy atom. The Balaban J connectivity index is 3.17. The molecule has 17 heteroatoms. The van der Waals surface area contributed by atoms with Gasteiger partial charge < -0.3 is 47.5 Å². The van der Waals surface area contributed by atoms with E-state index in [0.717, 1.165) is 0 Å². The molecule has 16 nitrogen and oxygen atoms in total. The van der Waals surface area contributed by atoms with Crippen LogP contribution in [0, 0.1) is 17.8 Å². The number of amides is 5. The maximum absolute atomic E-state index is 13.6. The molecule has 51 heavy (non-hydrogen) atoms. The van der Waals surface area contributed by atoms with Crippen LogP contribution < -0.4 is 32.7 Å². The fraction of sp³-hybridized carbons (Fsp3) is 0.588. The number of halogens is 1. The molecule has 1 rings (SSSR count). The lowest BCUT2D eigenvalue weighted by Gasteiger charge is -2.33. The number of aliphatic imine (C=N–C) groups is 1. The van der Waals surface area contributed by atoms with Gasteiger partial charge in [0.05, 0.1) is 16.6 Å². The highest BCUT2D eigenvalue weighted by atomic mass is 127. The number of carbonyl (C=O) groups excluding carboxylic acids is 7. The molecule has 1 aromatic carbocycles. The number of alkyl halides is 1. The number of nitrogens with two attached hydrogens (primary N) is 2. The van der Waals surface area contributed by atoms with Gasteiger partial charge in [-0.05, 0) is 62.8 Å². The topological polar surface area (TPSA) is 255 Å². The van der Waals surface area contributed by atoms with Gasteiger partial charge in [0.25, 0.3) is 5.91 Å². The van der Waals surface area contributed by atoms with Crippen molar-refractivity contribution < 1.29 is 40.0 Å². The molecule has 0 aliphatic heterocycles. The fourth-order valence-corrected chi connectivity index (χ4v) is 5.36. The Kier molecular flexibility index (Phi) is 18.5. The number of nitrogens with one attached hydrogen (secondary N) is 4. The maximum atomic E-state index is 13.6. The molecular formula is C34H53IN8O8. The number of hydrogen-bond donors (Lipinski definition) is 7. The Labute approximate surface area is 314 Å². The predicted molar refractivity (Wildman–Crippen MR) is 202 cm³/mol. The predicted octanol–water partition coefficient (Wildman–Crippen LogP) is 0.496. The van der Waals surface area contributed by atoms with E-state index in [2.05, 4.69) is 26.3 Å². The molecule has 5 amide bonds. The van der Waals surface area contributed by atoms with Gasteiger partial charge in [0.1, 0.15) is 25.8 Å². The first-order valence-corrected chi connectivity index (χ1v) is 18.1. The minimum Gasteiger partial charge on any atom is -0.391 e. The molecule has 0 unspecified atom stereocenters. The van der Waals surface area contributed by atoms with Gasteiger partial charge in [-0.15, -0.1) is 0 Å². The van der Waals surface area contributed by atoms with E-state index in [1.165, 1.54) is 50.1 Å². The second-order valence-corrected chi connectivity index (χ2v) is 13.7. The summed E-state index contributed by atoms with van der Waals surface area (Å²) in [4.78, 5) is 95.4. The molecule has 0 saturated heterocycles. The van der Waals surface area contributed by atoms with Gasteiger partial charge in [0.15, 0.2) is 11.7 Å². The lowest BCUT2D eigenvalue weighted by atomic mass is 9.91. The summed E-state index contributed by atoms with van der Waals surface area (Å²) < 4.78 is 7.74. The third kappa shape index (κ3) is 14.9. The van der Waals surface area contributed by atoms with Crippen LogP contribution in [-0.2, 0) is 28.8 Å². The van der Waals surface area contributed by atoms with Crippen LogP contribution in [0.15, 0.2) is 29.3 Å². The number of ketones is 1. The van der Waals surface area contributed by atoms with Crippen molar-refractivity contribution >= 4 is 75.8 Å². The molecule has 1 aromatic rings. The van der Waals surface area contributed by atoms with Crippen molar-refractivity contribution in [3.8, 4) is 0 Å². The van der Waals surface area contributed by atoms with Crippen LogP contribution >= 0.6 is 22.6 Å². The van der Waals surface area contributed by atoms with Crippen LogP contribution in [0.3, 0.4) is 0 Å². The van der Waals surface area contributed by atoms with Gasteiger partial charge in [-0.2, -0.15) is 0 Å². The van der Waals surface area contributed by atoms with Crippen LogP contribution in [0.5, 0.6) is 0 Å². The second-order valence-electron chi connectivity index (χ2n) is 13.0. The van der Waals surface area contributed by atoms with Crippen LogP contribution in [-0.4, -0.2) is 106 Å². The summed E-state index contributed by atoms with van der Waals surface area (Å²) >= 11 is 1.91. The quantitative estimate of drug-likeness (QED) is 0.0226. The van der Waals surface area contributed by atoms with Crippen molar-refractivity contribution in [2.45, 2.75) is 91.1 Å². The van der Waals surface area contributed by atoms with Crippen LogP contribution in [0.25, 0.3) is 0 Å². The minimum atomic E-state index is -1.39. The van der Waals surface area contributed by atoms with Gasteiger partial charge in [-0.1, -0.05) is 50.3 Å². The van der Waals surface area contributed by atoms with Crippen LogP contribution in [0.2, 0.25) is 0 Å². The molecule has 0 radical (unpaired) electrons. The smallest absolute Gasteiger partial charge is 0.251 e. The van der Waals surface area contributed by atoms with Gasteiger partial charge in [0.2, 0.25) is 23.6 Å². The molecule has 0 spiro atoms. The number of rotatable bonds is 21. The van der Waals surface area contributed by atoms with Crippen molar-refractivity contribution in [2.24, 2.45) is 34.2 Å². The lowest BCUT2D eigenvalue weighted by Crippen LogP contribution is -2.57. The largest absolute Gasteiger partial charge is 0.391 e. The zero-order chi connectivity index (χ0) is 39.9. The van der Waals surface area contributed by atoms with Gasteiger partial charge in [-0.25, -0.2) is 0 Å². The summed E-state index contributed by atoms with van der Waals surface area (Å²) in [5.41, 5.74) is 11.5. The molecule has 0 aromatic heterocycles. The van der Waals surface area contributed by atoms with Crippen molar-refractivity contribution in [2.75, 3.05) is 23.3 Å². The Hall–Kier alpha value is -4.13. The second kappa shape index (κ2) is 21.9. The summed E-state index contributed by atoms with van der Waals surface area (Å²) in [6.07, 6.45) is -2.34. The zero-order valence-corrected chi connectivity index (χ0v) is 32.4. The molecule has 0 heterocycles. The number of aliphatic hydroxyl groups excluding tert-OH is 1. The molecule has 284 valence electrons.